The molecule has 11 heavy (non-hydrogen) atoms. The van der Waals surface area contributed by atoms with Crippen molar-refractivity contribution in [2.75, 3.05) is 0 Å². The molecule has 0 saturated heterocycles. The van der Waals surface area contributed by atoms with E-state index >= 15 is 0 Å². The Hall–Kier alpha value is 2.19. The first-order valence-corrected chi connectivity index (χ1v) is 10.4. The molecule has 0 aliphatic rings. The van der Waals surface area contributed by atoms with Crippen molar-refractivity contribution >= 4 is 78.2 Å². The van der Waals surface area contributed by atoms with Gasteiger partial charge in [-0.25, -0.2) is 0 Å². The molecule has 0 fully saturated rings. The van der Waals surface area contributed by atoms with E-state index in [2.05, 4.69) is 18.6 Å². The van der Waals surface area contributed by atoms with Gasteiger partial charge in [0, 0.05) is 0 Å². The number of thiol groups is 1. The lowest BCUT2D eigenvalue weighted by molar-refractivity contribution is 1.01. The SMILES string of the molecule is CCCC(=S)SSSSSS. The molecule has 0 aromatic rings. The van der Waals surface area contributed by atoms with Gasteiger partial charge in [-0.2, -0.15) is 0 Å². The minimum absolute atomic E-state index is 1.05. The van der Waals surface area contributed by atoms with Gasteiger partial charge in [0.15, 0.2) is 0 Å². The van der Waals surface area contributed by atoms with Crippen LogP contribution in [0.1, 0.15) is 19.8 Å². The molecule has 0 aromatic heterocycles. The predicted molar refractivity (Wildman–Crippen MR) is 74.4 cm³/mol. The molecule has 0 unspecified atom stereocenters. The Morgan fingerprint density at radius 1 is 1.36 bits per heavy atom. The van der Waals surface area contributed by atoms with Crippen molar-refractivity contribution in [1.29, 1.82) is 0 Å². The van der Waals surface area contributed by atoms with Gasteiger partial charge in [0.1, 0.15) is 0 Å². The van der Waals surface area contributed by atoms with Crippen molar-refractivity contribution in [2.45, 2.75) is 19.8 Å². The minimum atomic E-state index is 1.05. The molecule has 66 valence electrons. The highest BCUT2D eigenvalue weighted by Gasteiger charge is 1.97. The largest absolute Gasteiger partial charge is 0.0988 e. The fourth-order valence-electron chi connectivity index (χ4n) is 0.321. The second kappa shape index (κ2) is 10.3. The maximum absolute atomic E-state index is 5.10. The molecule has 0 aliphatic carbocycles. The molecule has 0 spiro atoms. The molecule has 0 heterocycles. The molecule has 0 aliphatic heterocycles. The third kappa shape index (κ3) is 10.1. The standard InChI is InChI=1S/C4H8S7/c1-2-3-4(5)7-9-11-10-8-6/h6H,2-3H2,1H3. The quantitative estimate of drug-likeness (QED) is 0.302. The molecule has 0 bridgehead atoms. The summed E-state index contributed by atoms with van der Waals surface area (Å²) in [6.45, 7) is 2.14. The van der Waals surface area contributed by atoms with E-state index in [-0.39, 0.29) is 0 Å². The van der Waals surface area contributed by atoms with Crippen molar-refractivity contribution in [3.8, 4) is 0 Å². The van der Waals surface area contributed by atoms with E-state index in [0.717, 1.165) is 17.0 Å². The zero-order valence-corrected chi connectivity index (χ0v) is 11.6. The highest BCUT2D eigenvalue weighted by Crippen LogP contribution is 2.50. The Bertz CT molecular complexity index is 103. The second-order valence-electron chi connectivity index (χ2n) is 1.48. The molecule has 0 N–H and O–H groups in total. The minimum Gasteiger partial charge on any atom is -0.0988 e. The van der Waals surface area contributed by atoms with Gasteiger partial charge in [-0.3, -0.25) is 0 Å². The summed E-state index contributed by atoms with van der Waals surface area (Å²) in [5, 5.41) is 0. The Balaban J connectivity index is 3.04. The summed E-state index contributed by atoms with van der Waals surface area (Å²) in [7, 11) is 8.21. The third-order valence-corrected chi connectivity index (χ3v) is 10.2. The Morgan fingerprint density at radius 3 is 2.64 bits per heavy atom. The average Bonchev–Trinajstić information content (AvgIpc) is 1.99. The summed E-state index contributed by atoms with van der Waals surface area (Å²) in [6, 6.07) is 0. The van der Waals surface area contributed by atoms with Gasteiger partial charge in [0.05, 0.1) is 4.20 Å². The smallest absolute Gasteiger partial charge is 0.0595 e. The van der Waals surface area contributed by atoms with Crippen LogP contribution in [0.25, 0.3) is 0 Å². The van der Waals surface area contributed by atoms with Gasteiger partial charge < -0.3 is 0 Å². The molecule has 0 nitrogen and oxygen atoms in total. The van der Waals surface area contributed by atoms with Crippen LogP contribution in [0.4, 0.5) is 0 Å². The van der Waals surface area contributed by atoms with Crippen molar-refractivity contribution in [1.82, 2.24) is 0 Å². The first-order chi connectivity index (χ1) is 5.31. The molecule has 0 atom stereocenters. The van der Waals surface area contributed by atoms with E-state index in [1.807, 2.05) is 0 Å². The number of rotatable bonds is 6. The summed E-state index contributed by atoms with van der Waals surface area (Å²) in [5.74, 6) is 0. The third-order valence-electron chi connectivity index (χ3n) is 0.667. The zero-order chi connectivity index (χ0) is 8.53. The molecule has 0 amide bonds. The van der Waals surface area contributed by atoms with Crippen LogP contribution in [0.15, 0.2) is 0 Å². The molecular weight excluding hydrogens is 273 g/mol. The lowest BCUT2D eigenvalue weighted by atomic mass is 10.4. The van der Waals surface area contributed by atoms with Crippen LogP contribution in [0.3, 0.4) is 0 Å². The first-order valence-electron chi connectivity index (χ1n) is 2.82. The van der Waals surface area contributed by atoms with Crippen molar-refractivity contribution in [2.24, 2.45) is 0 Å². The second-order valence-corrected chi connectivity index (χ2v) is 10.6. The fourth-order valence-corrected chi connectivity index (χ4v) is 9.66. The number of hydrogen-bond donors (Lipinski definition) is 1. The Labute approximate surface area is 97.0 Å². The summed E-state index contributed by atoms with van der Waals surface area (Å²) in [5.41, 5.74) is 0. The van der Waals surface area contributed by atoms with Crippen molar-refractivity contribution in [3.05, 3.63) is 0 Å². The van der Waals surface area contributed by atoms with E-state index in [1.165, 1.54) is 9.83 Å². The van der Waals surface area contributed by atoms with Crippen LogP contribution < -0.4 is 0 Å². The average molecular weight is 281 g/mol. The van der Waals surface area contributed by atoms with Gasteiger partial charge in [0.2, 0.25) is 0 Å². The van der Waals surface area contributed by atoms with E-state index in [9.17, 15) is 0 Å². The number of thiocarbonyl (C=S) groups is 1. The summed E-state index contributed by atoms with van der Waals surface area (Å²) >= 11 is 9.09. The van der Waals surface area contributed by atoms with Gasteiger partial charge in [-0.15, -0.1) is 0 Å². The molecule has 0 aromatic carbocycles. The first kappa shape index (κ1) is 13.2. The highest BCUT2D eigenvalue weighted by atomic mass is 33.9. The molecule has 7 heteroatoms. The van der Waals surface area contributed by atoms with E-state index in [1.54, 1.807) is 40.3 Å². The van der Waals surface area contributed by atoms with Crippen LogP contribution in [-0.2, 0) is 0 Å². The highest BCUT2D eigenvalue weighted by molar-refractivity contribution is 9.41. The van der Waals surface area contributed by atoms with Crippen molar-refractivity contribution < 1.29 is 0 Å². The monoisotopic (exact) mass is 280 g/mol. The topological polar surface area (TPSA) is 0 Å². The summed E-state index contributed by atoms with van der Waals surface area (Å²) in [4.78, 5) is 0. The van der Waals surface area contributed by atoms with Gasteiger partial charge in [-0.1, -0.05) is 37.2 Å². The Kier molecular flexibility index (Phi) is 12.3. The summed E-state index contributed by atoms with van der Waals surface area (Å²) < 4.78 is 1.09. The van der Waals surface area contributed by atoms with Crippen LogP contribution in [0.2, 0.25) is 0 Å². The number of hydrogen-bond acceptors (Lipinski definition) is 7. The van der Waals surface area contributed by atoms with Gasteiger partial charge in [0.25, 0.3) is 0 Å². The van der Waals surface area contributed by atoms with E-state index < -0.39 is 0 Å². The molecule has 0 radical (unpaired) electrons. The Morgan fingerprint density at radius 2 is 2.09 bits per heavy atom. The van der Waals surface area contributed by atoms with Crippen LogP contribution in [0.5, 0.6) is 0 Å². The predicted octanol–water partition coefficient (Wildman–Crippen LogP) is 5.28. The van der Waals surface area contributed by atoms with Crippen molar-refractivity contribution in [3.63, 3.8) is 0 Å². The van der Waals surface area contributed by atoms with Crippen LogP contribution in [-0.4, -0.2) is 4.20 Å². The van der Waals surface area contributed by atoms with Crippen LogP contribution >= 0.6 is 74.0 Å². The van der Waals surface area contributed by atoms with Crippen LogP contribution in [0, 0.1) is 0 Å². The lowest BCUT2D eigenvalue weighted by Gasteiger charge is -1.97. The fraction of sp³-hybridized carbons (Fsp3) is 0.750. The van der Waals surface area contributed by atoms with E-state index in [0.29, 0.717) is 0 Å². The van der Waals surface area contributed by atoms with Gasteiger partial charge >= 0.3 is 0 Å². The maximum atomic E-state index is 5.10. The van der Waals surface area contributed by atoms with E-state index in [4.69, 9.17) is 12.2 Å². The normalized spacial score (nSPS) is 10.0. The molecule has 0 rings (SSSR count). The summed E-state index contributed by atoms with van der Waals surface area (Å²) in [6.07, 6.45) is 2.19. The molecular formula is C4H8S7. The van der Waals surface area contributed by atoms with Gasteiger partial charge in [-0.05, 0) is 56.5 Å². The molecule has 0 saturated carbocycles. The zero-order valence-electron chi connectivity index (χ0n) is 5.81. The lowest BCUT2D eigenvalue weighted by Crippen LogP contribution is -1.80. The maximum Gasteiger partial charge on any atom is 0.0595 e.